The third-order valence-electron chi connectivity index (χ3n) is 4.31. The molecule has 0 aliphatic carbocycles. The molecule has 7 heteroatoms. The van der Waals surface area contributed by atoms with E-state index in [1.54, 1.807) is 11.0 Å². The van der Waals surface area contributed by atoms with Crippen molar-refractivity contribution in [3.05, 3.63) is 53.5 Å². The Balaban J connectivity index is 1.61. The molecule has 1 aliphatic rings. The molecular formula is C19H20N2O5. The number of aliphatic carboxylic acids is 1. The van der Waals surface area contributed by atoms with E-state index in [9.17, 15) is 14.4 Å². The topological polar surface area (TPSA) is 99.8 Å². The summed E-state index contributed by atoms with van der Waals surface area (Å²) >= 11 is 0. The fourth-order valence-electron chi connectivity index (χ4n) is 3.00. The van der Waals surface area contributed by atoms with Crippen molar-refractivity contribution in [1.82, 2.24) is 5.32 Å². The van der Waals surface area contributed by atoms with E-state index in [0.29, 0.717) is 31.4 Å². The lowest BCUT2D eigenvalue weighted by Gasteiger charge is -2.17. The van der Waals surface area contributed by atoms with E-state index in [2.05, 4.69) is 5.32 Å². The molecule has 2 heterocycles. The fraction of sp³-hybridized carbons (Fsp3) is 0.316. The van der Waals surface area contributed by atoms with Crippen LogP contribution in [0.4, 0.5) is 5.69 Å². The molecule has 0 saturated heterocycles. The van der Waals surface area contributed by atoms with Gasteiger partial charge in [-0.2, -0.15) is 0 Å². The van der Waals surface area contributed by atoms with Gasteiger partial charge in [0.05, 0.1) is 19.2 Å². The highest BCUT2D eigenvalue weighted by Crippen LogP contribution is 2.30. The first-order valence-corrected chi connectivity index (χ1v) is 8.51. The molecule has 0 atom stereocenters. The SMILES string of the molecule is O=C(O)CCCCNC(=O)c1occc1CN1C(=O)Cc2ccccc21. The van der Waals surface area contributed by atoms with Crippen molar-refractivity contribution in [2.45, 2.75) is 32.2 Å². The monoisotopic (exact) mass is 356 g/mol. The molecule has 2 amide bonds. The second-order valence-corrected chi connectivity index (χ2v) is 6.17. The van der Waals surface area contributed by atoms with Crippen molar-refractivity contribution in [2.24, 2.45) is 0 Å². The lowest BCUT2D eigenvalue weighted by atomic mass is 10.1. The van der Waals surface area contributed by atoms with E-state index >= 15 is 0 Å². The minimum atomic E-state index is -0.847. The average molecular weight is 356 g/mol. The number of unbranched alkanes of at least 4 members (excludes halogenated alkanes) is 1. The van der Waals surface area contributed by atoms with Gasteiger partial charge in [-0.1, -0.05) is 18.2 Å². The standard InChI is InChI=1S/C19H20N2O5/c22-16-11-13-5-1-2-6-15(13)21(16)12-14-8-10-26-18(14)19(25)20-9-4-3-7-17(23)24/h1-2,5-6,8,10H,3-4,7,9,11-12H2,(H,20,25)(H,23,24). The number of furan rings is 1. The Morgan fingerprint density at radius 3 is 2.81 bits per heavy atom. The Labute approximate surface area is 150 Å². The largest absolute Gasteiger partial charge is 0.481 e. The predicted molar refractivity (Wildman–Crippen MR) is 93.9 cm³/mol. The van der Waals surface area contributed by atoms with E-state index in [1.807, 2.05) is 24.3 Å². The number of carbonyl (C=O) groups is 3. The number of carbonyl (C=O) groups excluding carboxylic acids is 2. The number of carboxylic acid groups (broad SMARTS) is 1. The number of para-hydroxylation sites is 1. The van der Waals surface area contributed by atoms with Crippen molar-refractivity contribution in [1.29, 1.82) is 0 Å². The second-order valence-electron chi connectivity index (χ2n) is 6.17. The third kappa shape index (κ3) is 3.93. The molecule has 0 bridgehead atoms. The van der Waals surface area contributed by atoms with Crippen LogP contribution in [0.1, 0.15) is 40.9 Å². The molecule has 1 aromatic carbocycles. The molecular weight excluding hydrogens is 336 g/mol. The Kier molecular flexibility index (Phi) is 5.36. The molecule has 0 unspecified atom stereocenters. The first kappa shape index (κ1) is 17.7. The van der Waals surface area contributed by atoms with Gasteiger partial charge in [-0.25, -0.2) is 0 Å². The zero-order valence-electron chi connectivity index (χ0n) is 14.2. The summed E-state index contributed by atoms with van der Waals surface area (Å²) in [6.45, 7) is 0.645. The number of nitrogens with one attached hydrogen (secondary N) is 1. The van der Waals surface area contributed by atoms with Gasteiger partial charge in [-0.05, 0) is 30.5 Å². The molecule has 0 fully saturated rings. The summed E-state index contributed by atoms with van der Waals surface area (Å²) in [7, 11) is 0. The Hall–Kier alpha value is -3.09. The Morgan fingerprint density at radius 2 is 2.00 bits per heavy atom. The van der Waals surface area contributed by atoms with Crippen LogP contribution in [0.5, 0.6) is 0 Å². The summed E-state index contributed by atoms with van der Waals surface area (Å²) in [5, 5.41) is 11.3. The van der Waals surface area contributed by atoms with Gasteiger partial charge in [0.1, 0.15) is 0 Å². The average Bonchev–Trinajstić information content (AvgIpc) is 3.19. The quantitative estimate of drug-likeness (QED) is 0.707. The fourth-order valence-corrected chi connectivity index (χ4v) is 3.00. The lowest BCUT2D eigenvalue weighted by Crippen LogP contribution is -2.29. The molecule has 3 rings (SSSR count). The van der Waals surface area contributed by atoms with Crippen LogP contribution in [0.3, 0.4) is 0 Å². The van der Waals surface area contributed by atoms with Crippen molar-refractivity contribution >= 4 is 23.5 Å². The second kappa shape index (κ2) is 7.86. The highest BCUT2D eigenvalue weighted by atomic mass is 16.4. The Morgan fingerprint density at radius 1 is 1.19 bits per heavy atom. The minimum absolute atomic E-state index is 0.00701. The van der Waals surface area contributed by atoms with E-state index in [0.717, 1.165) is 11.3 Å². The van der Waals surface area contributed by atoms with Crippen molar-refractivity contribution < 1.29 is 23.9 Å². The summed E-state index contributed by atoms with van der Waals surface area (Å²) in [5.41, 5.74) is 2.47. The Bertz CT molecular complexity index is 827. The molecule has 2 aromatic rings. The highest BCUT2D eigenvalue weighted by molar-refractivity contribution is 6.01. The van der Waals surface area contributed by atoms with Gasteiger partial charge in [-0.15, -0.1) is 0 Å². The van der Waals surface area contributed by atoms with Crippen LogP contribution in [0, 0.1) is 0 Å². The molecule has 1 aliphatic heterocycles. The smallest absolute Gasteiger partial charge is 0.303 e. The number of amides is 2. The molecule has 0 radical (unpaired) electrons. The number of anilines is 1. The van der Waals surface area contributed by atoms with Gasteiger partial charge in [0.2, 0.25) is 5.91 Å². The number of hydrogen-bond acceptors (Lipinski definition) is 4. The summed E-state index contributed by atoms with van der Waals surface area (Å²) < 4.78 is 5.31. The summed E-state index contributed by atoms with van der Waals surface area (Å²) in [5.74, 6) is -1.03. The van der Waals surface area contributed by atoms with E-state index in [4.69, 9.17) is 9.52 Å². The molecule has 2 N–H and O–H groups in total. The van der Waals surface area contributed by atoms with Gasteiger partial charge >= 0.3 is 5.97 Å². The van der Waals surface area contributed by atoms with Crippen molar-refractivity contribution in [3.63, 3.8) is 0 Å². The van der Waals surface area contributed by atoms with Gasteiger partial charge in [-0.3, -0.25) is 14.4 Å². The highest BCUT2D eigenvalue weighted by Gasteiger charge is 2.28. The van der Waals surface area contributed by atoms with Crippen molar-refractivity contribution in [3.8, 4) is 0 Å². The number of hydrogen-bond donors (Lipinski definition) is 2. The van der Waals surface area contributed by atoms with E-state index in [-0.39, 0.29) is 30.5 Å². The normalized spacial score (nSPS) is 12.9. The number of benzene rings is 1. The van der Waals surface area contributed by atoms with Crippen LogP contribution in [0.15, 0.2) is 41.0 Å². The number of carboxylic acids is 1. The maximum atomic E-state index is 12.3. The van der Waals surface area contributed by atoms with Crippen molar-refractivity contribution in [2.75, 3.05) is 11.4 Å². The van der Waals surface area contributed by atoms with Crippen LogP contribution >= 0.6 is 0 Å². The summed E-state index contributed by atoms with van der Waals surface area (Å²) in [6.07, 6.45) is 2.95. The predicted octanol–water partition coefficient (Wildman–Crippen LogP) is 2.35. The molecule has 136 valence electrons. The van der Waals surface area contributed by atoms with Crippen LogP contribution in [-0.4, -0.2) is 29.4 Å². The summed E-state index contributed by atoms with van der Waals surface area (Å²) in [4.78, 5) is 36.7. The molecule has 26 heavy (non-hydrogen) atoms. The van der Waals surface area contributed by atoms with E-state index in [1.165, 1.54) is 6.26 Å². The maximum absolute atomic E-state index is 12.3. The number of rotatable bonds is 8. The van der Waals surface area contributed by atoms with Gasteiger partial charge in [0.25, 0.3) is 5.91 Å². The molecule has 0 spiro atoms. The molecule has 7 nitrogen and oxygen atoms in total. The third-order valence-corrected chi connectivity index (χ3v) is 4.31. The number of nitrogens with zero attached hydrogens (tertiary/aromatic N) is 1. The van der Waals surface area contributed by atoms with Gasteiger partial charge in [0.15, 0.2) is 5.76 Å². The number of fused-ring (bicyclic) bond motifs is 1. The van der Waals surface area contributed by atoms with Crippen LogP contribution in [0.25, 0.3) is 0 Å². The van der Waals surface area contributed by atoms with Gasteiger partial charge in [0, 0.05) is 24.2 Å². The van der Waals surface area contributed by atoms with Crippen LogP contribution in [-0.2, 0) is 22.6 Å². The molecule has 0 saturated carbocycles. The van der Waals surface area contributed by atoms with E-state index < -0.39 is 5.97 Å². The minimum Gasteiger partial charge on any atom is -0.481 e. The van der Waals surface area contributed by atoms with Crippen LogP contribution < -0.4 is 10.2 Å². The van der Waals surface area contributed by atoms with Gasteiger partial charge < -0.3 is 19.7 Å². The zero-order valence-corrected chi connectivity index (χ0v) is 14.2. The summed E-state index contributed by atoms with van der Waals surface area (Å²) in [6, 6.07) is 9.28. The first-order valence-electron chi connectivity index (χ1n) is 8.51. The first-order chi connectivity index (χ1) is 12.6. The maximum Gasteiger partial charge on any atom is 0.303 e. The molecule has 1 aromatic heterocycles. The zero-order chi connectivity index (χ0) is 18.5. The van der Waals surface area contributed by atoms with Crippen LogP contribution in [0.2, 0.25) is 0 Å². The lowest BCUT2D eigenvalue weighted by molar-refractivity contribution is -0.137.